The fourth-order valence-corrected chi connectivity index (χ4v) is 5.20. The van der Waals surface area contributed by atoms with Crippen molar-refractivity contribution in [1.82, 2.24) is 14.9 Å². The Morgan fingerprint density at radius 1 is 1.15 bits per heavy atom. The minimum atomic E-state index is -0.576. The fourth-order valence-electron chi connectivity index (χ4n) is 4.84. The number of halogens is 1. The third-order valence-electron chi connectivity index (χ3n) is 6.47. The monoisotopic (exact) mass is 554 g/mol. The maximum Gasteiger partial charge on any atom is 0.249 e. The molecule has 9 heteroatoms. The van der Waals surface area contributed by atoms with Gasteiger partial charge in [-0.25, -0.2) is 4.98 Å². The third-order valence-corrected chi connectivity index (χ3v) is 6.86. The number of aliphatic hydroxyl groups is 1. The predicted molar refractivity (Wildman–Crippen MR) is 154 cm³/mol. The van der Waals surface area contributed by atoms with Crippen molar-refractivity contribution in [3.63, 3.8) is 0 Å². The first kappa shape index (κ1) is 30.2. The largest absolute Gasteiger partial charge is 0.489 e. The van der Waals surface area contributed by atoms with Crippen LogP contribution in [0.3, 0.4) is 0 Å². The molecule has 8 nitrogen and oxygen atoms in total. The van der Waals surface area contributed by atoms with E-state index in [1.807, 2.05) is 51.2 Å². The van der Waals surface area contributed by atoms with Gasteiger partial charge in [-0.3, -0.25) is 9.59 Å². The van der Waals surface area contributed by atoms with E-state index >= 15 is 0 Å². The second-order valence-corrected chi connectivity index (χ2v) is 10.5. The second kappa shape index (κ2) is 13.6. The van der Waals surface area contributed by atoms with Crippen molar-refractivity contribution in [2.45, 2.75) is 78.5 Å². The molecule has 2 aromatic carbocycles. The number of nitrogens with zero attached hydrogens (tertiary/aromatic N) is 2. The molecular weight excluding hydrogens is 516 g/mol. The molecule has 0 fully saturated rings. The molecule has 0 aliphatic carbocycles. The predicted octanol–water partition coefficient (Wildman–Crippen LogP) is 5.41. The first-order valence-electron chi connectivity index (χ1n) is 13.4. The van der Waals surface area contributed by atoms with E-state index in [2.05, 4.69) is 16.8 Å². The van der Waals surface area contributed by atoms with Crippen LogP contribution in [0.25, 0.3) is 11.3 Å². The van der Waals surface area contributed by atoms with Crippen LogP contribution in [0.15, 0.2) is 42.6 Å². The lowest BCUT2D eigenvalue weighted by Crippen LogP contribution is -2.26. The minimum Gasteiger partial charge on any atom is -0.489 e. The van der Waals surface area contributed by atoms with Crippen molar-refractivity contribution in [2.75, 3.05) is 6.61 Å². The van der Waals surface area contributed by atoms with Gasteiger partial charge in [0.1, 0.15) is 11.6 Å². The molecule has 0 bridgehead atoms. The van der Waals surface area contributed by atoms with E-state index in [4.69, 9.17) is 27.1 Å². The lowest BCUT2D eigenvalue weighted by molar-refractivity contribution is -0.119. The van der Waals surface area contributed by atoms with Crippen LogP contribution in [0.1, 0.15) is 86.7 Å². The van der Waals surface area contributed by atoms with E-state index in [0.717, 1.165) is 35.6 Å². The Balaban J connectivity index is 1.93. The smallest absolute Gasteiger partial charge is 0.249 e. The molecule has 0 spiro atoms. The SMILES string of the molecule is CCCn1cc(-c2ccc(CC(CCO)c3c(C(N)=O)ccc(OC(C)C)c3Cl)cc2)nc1C(C)NC(C)=O. The molecule has 210 valence electrons. The molecular formula is C30H39ClN4O4. The first-order valence-corrected chi connectivity index (χ1v) is 13.8. The number of carbonyl (C=O) groups excluding carboxylic acids is 2. The summed E-state index contributed by atoms with van der Waals surface area (Å²) in [6.45, 7) is 10.1. The van der Waals surface area contributed by atoms with Crippen LogP contribution < -0.4 is 15.8 Å². The molecule has 2 atom stereocenters. The Kier molecular flexibility index (Phi) is 10.5. The molecule has 4 N–H and O–H groups in total. The van der Waals surface area contributed by atoms with E-state index in [1.165, 1.54) is 6.92 Å². The Morgan fingerprint density at radius 2 is 1.85 bits per heavy atom. The Labute approximate surface area is 235 Å². The maximum absolute atomic E-state index is 12.3. The minimum absolute atomic E-state index is 0.0727. The van der Waals surface area contributed by atoms with Crippen LogP contribution in [0.2, 0.25) is 5.02 Å². The summed E-state index contributed by atoms with van der Waals surface area (Å²) in [5.41, 5.74) is 9.41. The highest BCUT2D eigenvalue weighted by atomic mass is 35.5. The summed E-state index contributed by atoms with van der Waals surface area (Å²) in [6.07, 6.45) is 3.81. The summed E-state index contributed by atoms with van der Waals surface area (Å²) < 4.78 is 7.94. The van der Waals surface area contributed by atoms with Gasteiger partial charge < -0.3 is 25.5 Å². The van der Waals surface area contributed by atoms with E-state index in [-0.39, 0.29) is 30.6 Å². The third kappa shape index (κ3) is 7.61. The summed E-state index contributed by atoms with van der Waals surface area (Å²) in [6, 6.07) is 11.1. The number of aliphatic hydroxyl groups excluding tert-OH is 1. The van der Waals surface area contributed by atoms with E-state index in [1.54, 1.807) is 12.1 Å². The number of benzene rings is 2. The molecule has 0 saturated heterocycles. The number of carbonyl (C=O) groups is 2. The van der Waals surface area contributed by atoms with Gasteiger partial charge in [-0.05, 0) is 69.2 Å². The van der Waals surface area contributed by atoms with Gasteiger partial charge >= 0.3 is 0 Å². The lowest BCUT2D eigenvalue weighted by atomic mass is 9.86. The summed E-state index contributed by atoms with van der Waals surface area (Å²) in [5, 5.41) is 13.1. The molecule has 39 heavy (non-hydrogen) atoms. The van der Waals surface area contributed by atoms with Crippen LogP contribution in [-0.4, -0.2) is 39.2 Å². The highest BCUT2D eigenvalue weighted by molar-refractivity contribution is 6.33. The van der Waals surface area contributed by atoms with Crippen molar-refractivity contribution >= 4 is 23.4 Å². The van der Waals surface area contributed by atoms with Crippen LogP contribution in [0.4, 0.5) is 0 Å². The normalized spacial score (nSPS) is 12.8. The van der Waals surface area contributed by atoms with Crippen LogP contribution in [0, 0.1) is 0 Å². The van der Waals surface area contributed by atoms with Gasteiger partial charge in [0, 0.05) is 37.4 Å². The second-order valence-electron chi connectivity index (χ2n) is 10.1. The molecule has 0 aliphatic rings. The summed E-state index contributed by atoms with van der Waals surface area (Å²) in [5.74, 6) is 0.370. The Morgan fingerprint density at radius 3 is 2.41 bits per heavy atom. The maximum atomic E-state index is 12.3. The van der Waals surface area contributed by atoms with Crippen molar-refractivity contribution < 1.29 is 19.4 Å². The zero-order valence-corrected chi connectivity index (χ0v) is 24.1. The number of hydrogen-bond acceptors (Lipinski definition) is 5. The topological polar surface area (TPSA) is 119 Å². The number of aryl methyl sites for hydroxylation is 1. The number of ether oxygens (including phenoxy) is 1. The van der Waals surface area contributed by atoms with E-state index in [0.29, 0.717) is 34.7 Å². The number of imidazole rings is 1. The van der Waals surface area contributed by atoms with E-state index in [9.17, 15) is 14.7 Å². The van der Waals surface area contributed by atoms with Crippen LogP contribution >= 0.6 is 11.6 Å². The summed E-state index contributed by atoms with van der Waals surface area (Å²) >= 11 is 6.75. The Hall–Kier alpha value is -3.36. The standard InChI is InChI=1S/C30H39ClN4O4/c1-6-14-35-17-25(34-30(35)19(4)33-20(5)37)22-9-7-21(8-10-22)16-23(13-15-36)27-24(29(32)38)11-12-26(28(27)31)39-18(2)3/h7-12,17-19,23,36H,6,13-16H2,1-5H3,(H2,32,38)(H,33,37). The number of hydrogen-bond donors (Lipinski definition) is 3. The molecule has 1 heterocycles. The summed E-state index contributed by atoms with van der Waals surface area (Å²) in [4.78, 5) is 28.7. The van der Waals surface area contributed by atoms with Gasteiger partial charge in [0.25, 0.3) is 0 Å². The fraction of sp³-hybridized carbons (Fsp3) is 0.433. The van der Waals surface area contributed by atoms with Crippen molar-refractivity contribution in [2.24, 2.45) is 5.73 Å². The van der Waals surface area contributed by atoms with Crippen molar-refractivity contribution in [1.29, 1.82) is 0 Å². The van der Waals surface area contributed by atoms with Crippen LogP contribution in [-0.2, 0) is 17.8 Å². The highest BCUT2D eigenvalue weighted by Gasteiger charge is 2.25. The lowest BCUT2D eigenvalue weighted by Gasteiger charge is -2.23. The van der Waals surface area contributed by atoms with Crippen molar-refractivity contribution in [3.05, 3.63) is 70.1 Å². The highest BCUT2D eigenvalue weighted by Crippen LogP contribution is 2.39. The van der Waals surface area contributed by atoms with Gasteiger partial charge in [0.15, 0.2) is 0 Å². The van der Waals surface area contributed by atoms with Gasteiger partial charge in [-0.1, -0.05) is 42.8 Å². The van der Waals surface area contributed by atoms with Crippen molar-refractivity contribution in [3.8, 4) is 17.0 Å². The van der Waals surface area contributed by atoms with E-state index < -0.39 is 5.91 Å². The number of primary amides is 1. The molecule has 1 aromatic heterocycles. The van der Waals surface area contributed by atoms with Gasteiger partial charge in [0.2, 0.25) is 11.8 Å². The molecule has 0 saturated carbocycles. The quantitative estimate of drug-likeness (QED) is 0.261. The molecule has 2 unspecified atom stereocenters. The first-order chi connectivity index (χ1) is 18.5. The molecule has 3 rings (SSSR count). The van der Waals surface area contributed by atoms with Crippen LogP contribution in [0.5, 0.6) is 5.75 Å². The Bertz CT molecular complexity index is 1290. The zero-order chi connectivity index (χ0) is 28.7. The van der Waals surface area contributed by atoms with Gasteiger partial charge in [-0.2, -0.15) is 0 Å². The summed E-state index contributed by atoms with van der Waals surface area (Å²) in [7, 11) is 0. The average Bonchev–Trinajstić information content (AvgIpc) is 3.29. The number of nitrogens with one attached hydrogen (secondary N) is 1. The molecule has 0 radical (unpaired) electrons. The molecule has 2 amide bonds. The van der Waals surface area contributed by atoms with Gasteiger partial charge in [0.05, 0.1) is 22.9 Å². The molecule has 0 aliphatic heterocycles. The number of aromatic nitrogens is 2. The number of rotatable bonds is 13. The zero-order valence-electron chi connectivity index (χ0n) is 23.3. The number of amides is 2. The van der Waals surface area contributed by atoms with Gasteiger partial charge in [-0.15, -0.1) is 0 Å². The number of nitrogens with two attached hydrogens (primary N) is 1. The average molecular weight is 555 g/mol. The molecule has 3 aromatic rings.